The smallest absolute Gasteiger partial charge is 0.124 e. The van der Waals surface area contributed by atoms with Crippen LogP contribution < -0.4 is 4.74 Å². The van der Waals surface area contributed by atoms with E-state index in [9.17, 15) is 0 Å². The normalized spacial score (nSPS) is 23.4. The van der Waals surface area contributed by atoms with Crippen LogP contribution in [-0.4, -0.2) is 13.7 Å². The molecule has 0 radical (unpaired) electrons. The fourth-order valence-corrected chi connectivity index (χ4v) is 3.20. The number of ether oxygens (including phenoxy) is 2. The summed E-state index contributed by atoms with van der Waals surface area (Å²) >= 11 is 0. The van der Waals surface area contributed by atoms with Crippen molar-refractivity contribution in [1.29, 1.82) is 0 Å². The largest absolute Gasteiger partial charge is 0.496 e. The van der Waals surface area contributed by atoms with Crippen molar-refractivity contribution in [2.24, 2.45) is 5.92 Å². The summed E-state index contributed by atoms with van der Waals surface area (Å²) in [6.45, 7) is 7.39. The first-order chi connectivity index (χ1) is 9.15. The number of benzene rings is 1. The third-order valence-corrected chi connectivity index (χ3v) is 4.13. The molecule has 1 saturated heterocycles. The Morgan fingerprint density at radius 1 is 1.21 bits per heavy atom. The van der Waals surface area contributed by atoms with Crippen LogP contribution in [0.25, 0.3) is 0 Å². The molecule has 2 rings (SSSR count). The topological polar surface area (TPSA) is 18.5 Å². The fraction of sp³-hybridized carbons (Fsp3) is 0.647. The van der Waals surface area contributed by atoms with Crippen molar-refractivity contribution in [3.63, 3.8) is 0 Å². The van der Waals surface area contributed by atoms with E-state index in [0.717, 1.165) is 24.7 Å². The van der Waals surface area contributed by atoms with E-state index in [1.165, 1.54) is 36.0 Å². The van der Waals surface area contributed by atoms with Gasteiger partial charge in [-0.2, -0.15) is 0 Å². The molecule has 0 aliphatic carbocycles. The molecule has 2 heteroatoms. The van der Waals surface area contributed by atoms with Gasteiger partial charge in [-0.15, -0.1) is 0 Å². The van der Waals surface area contributed by atoms with Gasteiger partial charge in [-0.1, -0.05) is 13.3 Å². The monoisotopic (exact) mass is 262 g/mol. The SMILES string of the molecule is CCCC1CCC(c2cc(C)c(OC)c(C)c2)OC1. The Morgan fingerprint density at radius 2 is 1.89 bits per heavy atom. The van der Waals surface area contributed by atoms with Gasteiger partial charge in [0.25, 0.3) is 0 Å². The summed E-state index contributed by atoms with van der Waals surface area (Å²) in [7, 11) is 1.74. The van der Waals surface area contributed by atoms with Crippen LogP contribution >= 0.6 is 0 Å². The summed E-state index contributed by atoms with van der Waals surface area (Å²) in [6, 6.07) is 4.44. The van der Waals surface area contributed by atoms with Crippen molar-refractivity contribution in [3.8, 4) is 5.75 Å². The molecule has 1 aliphatic rings. The summed E-state index contributed by atoms with van der Waals surface area (Å²) < 4.78 is 11.5. The van der Waals surface area contributed by atoms with Crippen LogP contribution in [-0.2, 0) is 4.74 Å². The Kier molecular flexibility index (Phi) is 4.87. The summed E-state index contributed by atoms with van der Waals surface area (Å²) in [5, 5.41) is 0. The van der Waals surface area contributed by atoms with Gasteiger partial charge in [-0.05, 0) is 67.9 Å². The molecule has 106 valence electrons. The van der Waals surface area contributed by atoms with Gasteiger partial charge in [0.2, 0.25) is 0 Å². The van der Waals surface area contributed by atoms with Gasteiger partial charge in [-0.3, -0.25) is 0 Å². The summed E-state index contributed by atoms with van der Waals surface area (Å²) in [4.78, 5) is 0. The molecule has 0 aromatic heterocycles. The average Bonchev–Trinajstić information content (AvgIpc) is 2.39. The Morgan fingerprint density at radius 3 is 2.37 bits per heavy atom. The second kappa shape index (κ2) is 6.42. The number of methoxy groups -OCH3 is 1. The second-order valence-electron chi connectivity index (χ2n) is 5.74. The predicted octanol–water partition coefficient (Wildman–Crippen LogP) is 4.58. The van der Waals surface area contributed by atoms with E-state index in [0.29, 0.717) is 0 Å². The van der Waals surface area contributed by atoms with Gasteiger partial charge in [0.1, 0.15) is 5.75 Å². The van der Waals surface area contributed by atoms with E-state index >= 15 is 0 Å². The van der Waals surface area contributed by atoms with Gasteiger partial charge in [0.15, 0.2) is 0 Å². The molecule has 1 aromatic carbocycles. The van der Waals surface area contributed by atoms with Crippen LogP contribution in [0.15, 0.2) is 12.1 Å². The number of hydrogen-bond donors (Lipinski definition) is 0. The predicted molar refractivity (Wildman–Crippen MR) is 78.8 cm³/mol. The molecule has 0 saturated carbocycles. The van der Waals surface area contributed by atoms with Crippen LogP contribution in [0.3, 0.4) is 0 Å². The summed E-state index contributed by atoms with van der Waals surface area (Å²) in [5.41, 5.74) is 3.72. The molecule has 1 fully saturated rings. The molecule has 19 heavy (non-hydrogen) atoms. The lowest BCUT2D eigenvalue weighted by Crippen LogP contribution is -2.20. The number of aryl methyl sites for hydroxylation is 2. The molecular formula is C17H26O2. The van der Waals surface area contributed by atoms with Crippen molar-refractivity contribution in [2.45, 2.75) is 52.6 Å². The zero-order chi connectivity index (χ0) is 13.8. The first kappa shape index (κ1) is 14.4. The zero-order valence-corrected chi connectivity index (χ0v) is 12.7. The van der Waals surface area contributed by atoms with E-state index < -0.39 is 0 Å². The quantitative estimate of drug-likeness (QED) is 0.790. The van der Waals surface area contributed by atoms with E-state index in [4.69, 9.17) is 9.47 Å². The lowest BCUT2D eigenvalue weighted by Gasteiger charge is -2.29. The van der Waals surface area contributed by atoms with Crippen LogP contribution in [0.5, 0.6) is 5.75 Å². The Labute approximate surface area is 117 Å². The molecule has 1 aliphatic heterocycles. The van der Waals surface area contributed by atoms with Crippen LogP contribution in [0.4, 0.5) is 0 Å². The van der Waals surface area contributed by atoms with Crippen molar-refractivity contribution in [1.82, 2.24) is 0 Å². The third-order valence-electron chi connectivity index (χ3n) is 4.13. The van der Waals surface area contributed by atoms with E-state index in [-0.39, 0.29) is 6.10 Å². The van der Waals surface area contributed by atoms with Crippen molar-refractivity contribution in [3.05, 3.63) is 28.8 Å². The minimum absolute atomic E-state index is 0.274. The fourth-order valence-electron chi connectivity index (χ4n) is 3.20. The summed E-state index contributed by atoms with van der Waals surface area (Å²) in [6.07, 6.45) is 5.28. The van der Waals surface area contributed by atoms with Crippen molar-refractivity contribution in [2.75, 3.05) is 13.7 Å². The van der Waals surface area contributed by atoms with Crippen LogP contribution in [0.1, 0.15) is 55.4 Å². The highest BCUT2D eigenvalue weighted by Crippen LogP contribution is 2.35. The minimum Gasteiger partial charge on any atom is -0.496 e. The zero-order valence-electron chi connectivity index (χ0n) is 12.7. The van der Waals surface area contributed by atoms with E-state index in [1.807, 2.05) is 0 Å². The number of hydrogen-bond acceptors (Lipinski definition) is 2. The molecule has 1 heterocycles. The van der Waals surface area contributed by atoms with Gasteiger partial charge in [-0.25, -0.2) is 0 Å². The molecule has 1 aromatic rings. The molecule has 0 N–H and O–H groups in total. The third kappa shape index (κ3) is 3.30. The first-order valence-electron chi connectivity index (χ1n) is 7.42. The lowest BCUT2D eigenvalue weighted by molar-refractivity contribution is -0.0195. The van der Waals surface area contributed by atoms with Crippen LogP contribution in [0.2, 0.25) is 0 Å². The highest BCUT2D eigenvalue weighted by atomic mass is 16.5. The Hall–Kier alpha value is -1.02. The molecular weight excluding hydrogens is 236 g/mol. The Bertz CT molecular complexity index is 394. The first-order valence-corrected chi connectivity index (χ1v) is 7.42. The maximum atomic E-state index is 6.07. The molecule has 2 unspecified atom stereocenters. The average molecular weight is 262 g/mol. The lowest BCUT2D eigenvalue weighted by atomic mass is 9.90. The minimum atomic E-state index is 0.274. The number of rotatable bonds is 4. The molecule has 0 spiro atoms. The van der Waals surface area contributed by atoms with Gasteiger partial charge >= 0.3 is 0 Å². The molecule has 2 nitrogen and oxygen atoms in total. The van der Waals surface area contributed by atoms with Gasteiger partial charge in [0.05, 0.1) is 19.8 Å². The van der Waals surface area contributed by atoms with Gasteiger partial charge < -0.3 is 9.47 Å². The molecule has 0 bridgehead atoms. The highest BCUT2D eigenvalue weighted by Gasteiger charge is 2.23. The van der Waals surface area contributed by atoms with Crippen molar-refractivity contribution >= 4 is 0 Å². The second-order valence-corrected chi connectivity index (χ2v) is 5.74. The standard InChI is InChI=1S/C17H26O2/c1-5-6-14-7-8-16(19-11-14)15-9-12(2)17(18-4)13(3)10-15/h9-10,14,16H,5-8,11H2,1-4H3. The maximum absolute atomic E-state index is 6.07. The van der Waals surface area contributed by atoms with Crippen molar-refractivity contribution < 1.29 is 9.47 Å². The highest BCUT2D eigenvalue weighted by molar-refractivity contribution is 5.44. The van der Waals surface area contributed by atoms with E-state index in [1.54, 1.807) is 7.11 Å². The Balaban J connectivity index is 2.07. The maximum Gasteiger partial charge on any atom is 0.124 e. The molecule has 0 amide bonds. The van der Waals surface area contributed by atoms with Crippen LogP contribution in [0, 0.1) is 19.8 Å². The van der Waals surface area contributed by atoms with E-state index in [2.05, 4.69) is 32.9 Å². The molecule has 2 atom stereocenters. The summed E-state index contributed by atoms with van der Waals surface area (Å²) in [5.74, 6) is 1.77. The van der Waals surface area contributed by atoms with Gasteiger partial charge in [0, 0.05) is 0 Å².